The molecule has 0 saturated carbocycles. The lowest BCUT2D eigenvalue weighted by Crippen LogP contribution is -2.14. The summed E-state index contributed by atoms with van der Waals surface area (Å²) in [7, 11) is 4.07. The van der Waals surface area contributed by atoms with Gasteiger partial charge >= 0.3 is 0 Å². The van der Waals surface area contributed by atoms with E-state index in [2.05, 4.69) is 27.3 Å². The molecular weight excluding hydrogens is 262 g/mol. The maximum atomic E-state index is 9.27. The van der Waals surface area contributed by atoms with Gasteiger partial charge in [0, 0.05) is 24.1 Å². The number of hydrogen-bond donors (Lipinski definition) is 1. The lowest BCUT2D eigenvalue weighted by molar-refractivity contribution is 0.273. The molecule has 0 aromatic carbocycles. The molecule has 0 aliphatic rings. The molecule has 0 aliphatic carbocycles. The Labute approximate surface area is 109 Å². The zero-order chi connectivity index (χ0) is 12.0. The highest BCUT2D eigenvalue weighted by Crippen LogP contribution is 2.23. The molecule has 0 aliphatic heterocycles. The van der Waals surface area contributed by atoms with Gasteiger partial charge in [-0.15, -0.1) is 10.2 Å². The van der Waals surface area contributed by atoms with E-state index in [9.17, 15) is 5.11 Å². The van der Waals surface area contributed by atoms with Gasteiger partial charge in [0.25, 0.3) is 0 Å². The van der Waals surface area contributed by atoms with E-state index >= 15 is 0 Å². The highest BCUT2D eigenvalue weighted by Gasteiger charge is 2.07. The molecule has 7 heteroatoms. The summed E-state index contributed by atoms with van der Waals surface area (Å²) in [4.78, 5) is 2.12. The molecule has 4 nitrogen and oxygen atoms in total. The Morgan fingerprint density at radius 1 is 1.56 bits per heavy atom. The number of likely N-dealkylation sites (N-methyl/N-ethyl adjacent to an activating group) is 1. The fraction of sp³-hybridized carbons (Fsp3) is 0.667. The van der Waals surface area contributed by atoms with E-state index < -0.39 is 6.10 Å². The Kier molecular flexibility index (Phi) is 6.37. The van der Waals surface area contributed by atoms with E-state index in [0.29, 0.717) is 5.75 Å². The van der Waals surface area contributed by atoms with Crippen molar-refractivity contribution < 1.29 is 5.11 Å². The van der Waals surface area contributed by atoms with E-state index in [-0.39, 0.29) is 0 Å². The molecule has 1 unspecified atom stereocenters. The van der Waals surface area contributed by atoms with Crippen molar-refractivity contribution in [3.8, 4) is 0 Å². The Balaban J connectivity index is 2.36. The van der Waals surface area contributed by atoms with Gasteiger partial charge in [0.15, 0.2) is 4.34 Å². The molecule has 0 fully saturated rings. The molecule has 1 aromatic rings. The largest absolute Gasteiger partial charge is 0.387 e. The van der Waals surface area contributed by atoms with Crippen molar-refractivity contribution in [2.75, 3.05) is 26.4 Å². The molecule has 16 heavy (non-hydrogen) atoms. The Morgan fingerprint density at radius 3 is 2.94 bits per heavy atom. The second-order valence-electron chi connectivity index (χ2n) is 3.53. The van der Waals surface area contributed by atoms with Crippen LogP contribution in [-0.4, -0.2) is 58.1 Å². The molecule has 1 heterocycles. The van der Waals surface area contributed by atoms with Crippen LogP contribution in [0.5, 0.6) is 0 Å². The Morgan fingerprint density at radius 2 is 2.31 bits per heavy atom. The van der Waals surface area contributed by atoms with E-state index in [4.69, 9.17) is 0 Å². The van der Waals surface area contributed by atoms with Gasteiger partial charge in [0.2, 0.25) is 0 Å². The van der Waals surface area contributed by atoms with Crippen molar-refractivity contribution in [3.63, 3.8) is 0 Å². The third-order valence-electron chi connectivity index (χ3n) is 1.76. The van der Waals surface area contributed by atoms with E-state index in [0.717, 1.165) is 22.3 Å². The third-order valence-corrected chi connectivity index (χ3v) is 4.29. The molecule has 0 amide bonds. The first-order valence-electron chi connectivity index (χ1n) is 4.85. The van der Waals surface area contributed by atoms with Crippen LogP contribution in [0, 0.1) is 0 Å². The quantitative estimate of drug-likeness (QED) is 0.595. The molecule has 0 bridgehead atoms. The smallest absolute Gasteiger partial charge is 0.174 e. The average molecular weight is 277 g/mol. The standard InChI is InChI=1S/C9H15N3OS3/c1-12(2)4-3-8-10-11-9(16-8)15-6-7(13)5-14/h5,7,13H,3-4,6H2,1-2H3. The van der Waals surface area contributed by atoms with Crippen molar-refractivity contribution in [1.82, 2.24) is 15.1 Å². The Hall–Kier alpha value is -0.0800. The van der Waals surface area contributed by atoms with Crippen LogP contribution < -0.4 is 0 Å². The predicted octanol–water partition coefficient (Wildman–Crippen LogP) is 1.09. The minimum atomic E-state index is -0.547. The van der Waals surface area contributed by atoms with Gasteiger partial charge in [-0.3, -0.25) is 0 Å². The first-order valence-corrected chi connectivity index (χ1v) is 7.12. The molecule has 0 saturated heterocycles. The summed E-state index contributed by atoms with van der Waals surface area (Å²) in [5.74, 6) is 0.547. The SMILES string of the molecule is CN(C)CCc1nnc(SCC(O)C=S)s1. The van der Waals surface area contributed by atoms with Gasteiger partial charge in [-0.2, -0.15) is 0 Å². The van der Waals surface area contributed by atoms with Crippen molar-refractivity contribution >= 4 is 40.7 Å². The maximum absolute atomic E-state index is 9.27. The minimum Gasteiger partial charge on any atom is -0.387 e. The van der Waals surface area contributed by atoms with Crippen LogP contribution in [0.4, 0.5) is 0 Å². The van der Waals surface area contributed by atoms with Crippen LogP contribution in [-0.2, 0) is 6.42 Å². The minimum absolute atomic E-state index is 0.547. The molecule has 1 aromatic heterocycles. The topological polar surface area (TPSA) is 49.2 Å². The Bertz CT molecular complexity index is 330. The van der Waals surface area contributed by atoms with E-state index in [1.165, 1.54) is 17.1 Å². The second-order valence-corrected chi connectivity index (χ2v) is 6.13. The first-order chi connectivity index (χ1) is 7.61. The average Bonchev–Trinajstić information content (AvgIpc) is 2.71. The normalized spacial score (nSPS) is 13.0. The van der Waals surface area contributed by atoms with Gasteiger partial charge < -0.3 is 10.0 Å². The zero-order valence-electron chi connectivity index (χ0n) is 9.29. The van der Waals surface area contributed by atoms with Gasteiger partial charge in [0.1, 0.15) is 5.01 Å². The van der Waals surface area contributed by atoms with Crippen molar-refractivity contribution in [1.29, 1.82) is 0 Å². The van der Waals surface area contributed by atoms with Crippen LogP contribution >= 0.6 is 35.3 Å². The molecule has 1 N–H and O–H groups in total. The van der Waals surface area contributed by atoms with Crippen molar-refractivity contribution in [2.24, 2.45) is 0 Å². The number of rotatable bonds is 7. The predicted molar refractivity (Wildman–Crippen MR) is 72.6 cm³/mol. The highest BCUT2D eigenvalue weighted by atomic mass is 32.2. The maximum Gasteiger partial charge on any atom is 0.174 e. The monoisotopic (exact) mass is 277 g/mol. The fourth-order valence-corrected chi connectivity index (χ4v) is 2.93. The number of aromatic nitrogens is 2. The molecule has 1 atom stereocenters. The number of hydrogen-bond acceptors (Lipinski definition) is 7. The summed E-state index contributed by atoms with van der Waals surface area (Å²) in [6, 6.07) is 0. The highest BCUT2D eigenvalue weighted by molar-refractivity contribution is 8.01. The van der Waals surface area contributed by atoms with Crippen LogP contribution in [0.15, 0.2) is 4.34 Å². The number of nitrogens with zero attached hydrogens (tertiary/aromatic N) is 3. The fourth-order valence-electron chi connectivity index (χ4n) is 0.913. The summed E-state index contributed by atoms with van der Waals surface area (Å²) in [6.07, 6.45) is 0.370. The third kappa shape index (κ3) is 5.31. The van der Waals surface area contributed by atoms with Gasteiger partial charge in [-0.05, 0) is 14.1 Å². The van der Waals surface area contributed by atoms with Crippen molar-refractivity contribution in [3.05, 3.63) is 5.01 Å². The molecule has 0 spiro atoms. The summed E-state index contributed by atoms with van der Waals surface area (Å²) >= 11 is 7.71. The molecule has 90 valence electrons. The number of thioether (sulfide) groups is 1. The van der Waals surface area contributed by atoms with Gasteiger partial charge in [-0.1, -0.05) is 35.3 Å². The van der Waals surface area contributed by atoms with E-state index in [1.807, 2.05) is 14.1 Å². The van der Waals surface area contributed by atoms with Crippen LogP contribution in [0.3, 0.4) is 0 Å². The second kappa shape index (κ2) is 7.29. The molecular formula is C9H15N3OS3. The number of thiocarbonyl (C=S) groups is 1. The van der Waals surface area contributed by atoms with E-state index in [1.54, 1.807) is 11.3 Å². The van der Waals surface area contributed by atoms with Crippen LogP contribution in [0.25, 0.3) is 0 Å². The molecule has 0 radical (unpaired) electrons. The lowest BCUT2D eigenvalue weighted by Gasteiger charge is -2.05. The van der Waals surface area contributed by atoms with Crippen molar-refractivity contribution in [2.45, 2.75) is 16.9 Å². The molecule has 1 rings (SSSR count). The summed E-state index contributed by atoms with van der Waals surface area (Å²) < 4.78 is 0.893. The van der Waals surface area contributed by atoms with Gasteiger partial charge in [0.05, 0.1) is 6.10 Å². The summed E-state index contributed by atoms with van der Waals surface area (Å²) in [5, 5.41) is 19.8. The van der Waals surface area contributed by atoms with Crippen LogP contribution in [0.2, 0.25) is 0 Å². The first kappa shape index (κ1) is 14.0. The zero-order valence-corrected chi connectivity index (χ0v) is 11.7. The van der Waals surface area contributed by atoms with Crippen LogP contribution in [0.1, 0.15) is 5.01 Å². The lowest BCUT2D eigenvalue weighted by atomic mass is 10.4. The number of aliphatic hydroxyl groups is 1. The summed E-state index contributed by atoms with van der Waals surface area (Å²) in [5.41, 5.74) is 0. The summed E-state index contributed by atoms with van der Waals surface area (Å²) in [6.45, 7) is 0.974. The van der Waals surface area contributed by atoms with Gasteiger partial charge in [-0.25, -0.2) is 0 Å². The number of aliphatic hydroxyl groups excluding tert-OH is 1.